The summed E-state index contributed by atoms with van der Waals surface area (Å²) in [5, 5.41) is 13.3. The Morgan fingerprint density at radius 2 is 2.00 bits per heavy atom. The SMILES string of the molecule is Cc1[nH]c2ccccc2c1NC(=O)C(C)(C)O. The van der Waals surface area contributed by atoms with Gasteiger partial charge in [0.2, 0.25) is 0 Å². The lowest BCUT2D eigenvalue weighted by Crippen LogP contribution is -2.36. The topological polar surface area (TPSA) is 65.1 Å². The highest BCUT2D eigenvalue weighted by molar-refractivity contribution is 6.05. The summed E-state index contributed by atoms with van der Waals surface area (Å²) in [5.41, 5.74) is 1.19. The van der Waals surface area contributed by atoms with Crippen LogP contribution in [0, 0.1) is 6.92 Å². The van der Waals surface area contributed by atoms with E-state index in [2.05, 4.69) is 10.3 Å². The zero-order chi connectivity index (χ0) is 12.6. The molecule has 2 rings (SSSR count). The van der Waals surface area contributed by atoms with Crippen LogP contribution in [0.15, 0.2) is 24.3 Å². The number of carbonyl (C=O) groups is 1. The summed E-state index contributed by atoms with van der Waals surface area (Å²) < 4.78 is 0. The Balaban J connectivity index is 2.42. The minimum absolute atomic E-state index is 0.412. The highest BCUT2D eigenvalue weighted by Gasteiger charge is 2.25. The van der Waals surface area contributed by atoms with Crippen molar-refractivity contribution in [3.05, 3.63) is 30.0 Å². The Bertz CT molecular complexity index is 564. The van der Waals surface area contributed by atoms with E-state index in [1.54, 1.807) is 0 Å². The molecule has 1 heterocycles. The van der Waals surface area contributed by atoms with Gasteiger partial charge >= 0.3 is 0 Å². The average molecular weight is 232 g/mol. The second-order valence-corrected chi connectivity index (χ2v) is 4.68. The summed E-state index contributed by atoms with van der Waals surface area (Å²) in [6.45, 7) is 4.82. The third kappa shape index (κ3) is 2.17. The van der Waals surface area contributed by atoms with Crippen molar-refractivity contribution >= 4 is 22.5 Å². The normalized spacial score (nSPS) is 11.8. The summed E-state index contributed by atoms with van der Waals surface area (Å²) >= 11 is 0. The first-order chi connectivity index (χ1) is 7.89. The highest BCUT2D eigenvalue weighted by atomic mass is 16.3. The Hall–Kier alpha value is -1.81. The number of fused-ring (bicyclic) bond motifs is 1. The molecule has 1 amide bonds. The standard InChI is InChI=1S/C13H16N2O2/c1-8-11(15-12(16)13(2,3)17)9-6-4-5-7-10(9)14-8/h4-7,14,17H,1-3H3,(H,15,16). The molecule has 4 nitrogen and oxygen atoms in total. The third-order valence-corrected chi connectivity index (χ3v) is 2.69. The molecule has 0 bridgehead atoms. The van der Waals surface area contributed by atoms with Crippen LogP contribution in [-0.2, 0) is 4.79 Å². The van der Waals surface area contributed by atoms with Gasteiger partial charge in [0.1, 0.15) is 5.60 Å². The maximum Gasteiger partial charge on any atom is 0.255 e. The molecule has 0 aliphatic carbocycles. The second kappa shape index (κ2) is 3.89. The van der Waals surface area contributed by atoms with Gasteiger partial charge < -0.3 is 15.4 Å². The fourth-order valence-electron chi connectivity index (χ4n) is 1.70. The summed E-state index contributed by atoms with van der Waals surface area (Å²) in [7, 11) is 0. The van der Waals surface area contributed by atoms with Crippen molar-refractivity contribution in [2.75, 3.05) is 5.32 Å². The summed E-state index contributed by atoms with van der Waals surface area (Å²) in [4.78, 5) is 14.9. The van der Waals surface area contributed by atoms with Gasteiger partial charge in [-0.1, -0.05) is 18.2 Å². The van der Waals surface area contributed by atoms with Crippen LogP contribution in [0.2, 0.25) is 0 Å². The van der Waals surface area contributed by atoms with Crippen molar-refractivity contribution < 1.29 is 9.90 Å². The molecule has 3 N–H and O–H groups in total. The quantitative estimate of drug-likeness (QED) is 0.743. The van der Waals surface area contributed by atoms with Gasteiger partial charge in [-0.05, 0) is 26.8 Å². The van der Waals surface area contributed by atoms with Crippen LogP contribution in [0.1, 0.15) is 19.5 Å². The number of aliphatic hydroxyl groups is 1. The molecule has 0 atom stereocenters. The number of H-pyrrole nitrogens is 1. The Morgan fingerprint density at radius 1 is 1.35 bits per heavy atom. The molecule has 0 radical (unpaired) electrons. The lowest BCUT2D eigenvalue weighted by Gasteiger charge is -2.16. The zero-order valence-corrected chi connectivity index (χ0v) is 10.2. The number of aromatic nitrogens is 1. The molecule has 0 saturated heterocycles. The van der Waals surface area contributed by atoms with Gasteiger partial charge in [-0.25, -0.2) is 0 Å². The van der Waals surface area contributed by atoms with E-state index < -0.39 is 11.5 Å². The number of hydrogen-bond acceptors (Lipinski definition) is 2. The first-order valence-corrected chi connectivity index (χ1v) is 5.51. The van der Waals surface area contributed by atoms with Gasteiger partial charge in [0.05, 0.1) is 5.69 Å². The number of hydrogen-bond donors (Lipinski definition) is 3. The molecule has 1 aromatic carbocycles. The highest BCUT2D eigenvalue weighted by Crippen LogP contribution is 2.27. The fraction of sp³-hybridized carbons (Fsp3) is 0.308. The van der Waals surface area contributed by atoms with E-state index in [-0.39, 0.29) is 0 Å². The van der Waals surface area contributed by atoms with Gasteiger partial charge in [-0.2, -0.15) is 0 Å². The van der Waals surface area contributed by atoms with Crippen molar-refractivity contribution in [3.63, 3.8) is 0 Å². The van der Waals surface area contributed by atoms with Crippen LogP contribution < -0.4 is 5.32 Å². The molecule has 0 spiro atoms. The minimum Gasteiger partial charge on any atom is -0.381 e. The summed E-state index contributed by atoms with van der Waals surface area (Å²) in [5.74, 6) is -0.412. The predicted octanol–water partition coefficient (Wildman–Crippen LogP) is 2.19. The Kier molecular flexibility index (Phi) is 2.67. The van der Waals surface area contributed by atoms with E-state index in [9.17, 15) is 9.90 Å². The van der Waals surface area contributed by atoms with Crippen LogP contribution in [0.5, 0.6) is 0 Å². The van der Waals surface area contributed by atoms with E-state index in [1.165, 1.54) is 13.8 Å². The lowest BCUT2D eigenvalue weighted by molar-refractivity contribution is -0.130. The monoisotopic (exact) mass is 232 g/mol. The van der Waals surface area contributed by atoms with Crippen LogP contribution in [-0.4, -0.2) is 21.6 Å². The minimum atomic E-state index is -1.38. The van der Waals surface area contributed by atoms with E-state index in [4.69, 9.17) is 0 Å². The van der Waals surface area contributed by atoms with Crippen molar-refractivity contribution in [1.82, 2.24) is 4.98 Å². The van der Waals surface area contributed by atoms with E-state index >= 15 is 0 Å². The van der Waals surface area contributed by atoms with Gasteiger partial charge in [-0.3, -0.25) is 4.79 Å². The number of benzene rings is 1. The van der Waals surface area contributed by atoms with Gasteiger partial charge in [0.25, 0.3) is 5.91 Å². The average Bonchev–Trinajstić information content (AvgIpc) is 2.54. The molecule has 0 aliphatic rings. The second-order valence-electron chi connectivity index (χ2n) is 4.68. The number of para-hydroxylation sites is 1. The molecule has 0 aliphatic heterocycles. The molecule has 0 saturated carbocycles. The van der Waals surface area contributed by atoms with Crippen molar-refractivity contribution in [1.29, 1.82) is 0 Å². The van der Waals surface area contributed by atoms with Crippen molar-refractivity contribution in [3.8, 4) is 0 Å². The van der Waals surface area contributed by atoms with Gasteiger partial charge in [-0.15, -0.1) is 0 Å². The van der Waals surface area contributed by atoms with Crippen LogP contribution in [0.3, 0.4) is 0 Å². The lowest BCUT2D eigenvalue weighted by atomic mass is 10.1. The third-order valence-electron chi connectivity index (χ3n) is 2.69. The van der Waals surface area contributed by atoms with E-state index in [1.807, 2.05) is 31.2 Å². The Morgan fingerprint density at radius 3 is 2.65 bits per heavy atom. The largest absolute Gasteiger partial charge is 0.381 e. The predicted molar refractivity (Wildman–Crippen MR) is 68.0 cm³/mol. The molecule has 4 heteroatoms. The van der Waals surface area contributed by atoms with Crippen LogP contribution >= 0.6 is 0 Å². The maximum atomic E-state index is 11.8. The summed E-state index contributed by atoms with van der Waals surface area (Å²) in [6, 6.07) is 7.72. The van der Waals surface area contributed by atoms with Gasteiger partial charge in [0, 0.05) is 16.6 Å². The van der Waals surface area contributed by atoms with Crippen molar-refractivity contribution in [2.24, 2.45) is 0 Å². The van der Waals surface area contributed by atoms with Crippen LogP contribution in [0.4, 0.5) is 5.69 Å². The Labute approximate surface area is 99.7 Å². The first kappa shape index (κ1) is 11.7. The number of aromatic amines is 1. The maximum absolute atomic E-state index is 11.8. The molecule has 1 aromatic heterocycles. The number of rotatable bonds is 2. The zero-order valence-electron chi connectivity index (χ0n) is 10.2. The number of carbonyl (C=O) groups excluding carboxylic acids is 1. The first-order valence-electron chi connectivity index (χ1n) is 5.51. The molecule has 2 aromatic rings. The molecular formula is C13H16N2O2. The van der Waals surface area contributed by atoms with Gasteiger partial charge in [0.15, 0.2) is 0 Å². The molecular weight excluding hydrogens is 216 g/mol. The molecule has 0 fully saturated rings. The molecule has 0 unspecified atom stereocenters. The number of nitrogens with one attached hydrogen (secondary N) is 2. The van der Waals surface area contributed by atoms with E-state index in [0.717, 1.165) is 22.3 Å². The van der Waals surface area contributed by atoms with Crippen molar-refractivity contribution in [2.45, 2.75) is 26.4 Å². The number of anilines is 1. The smallest absolute Gasteiger partial charge is 0.255 e. The fourth-order valence-corrected chi connectivity index (χ4v) is 1.70. The number of aryl methyl sites for hydroxylation is 1. The van der Waals surface area contributed by atoms with E-state index in [0.29, 0.717) is 0 Å². The summed E-state index contributed by atoms with van der Waals surface area (Å²) in [6.07, 6.45) is 0. The molecule has 90 valence electrons. The number of amides is 1. The molecule has 17 heavy (non-hydrogen) atoms. The van der Waals surface area contributed by atoms with Crippen LogP contribution in [0.25, 0.3) is 10.9 Å².